The van der Waals surface area contributed by atoms with Crippen molar-refractivity contribution >= 4 is 0 Å². The van der Waals surface area contributed by atoms with Crippen molar-refractivity contribution in [3.63, 3.8) is 0 Å². The average Bonchev–Trinajstić information content (AvgIpc) is 2.81. The van der Waals surface area contributed by atoms with Crippen LogP contribution in [0.3, 0.4) is 0 Å². The van der Waals surface area contributed by atoms with Crippen LogP contribution in [0, 0.1) is 0 Å². The van der Waals surface area contributed by atoms with Gasteiger partial charge in [-0.25, -0.2) is 0 Å². The molecule has 30 heavy (non-hydrogen) atoms. The van der Waals surface area contributed by atoms with E-state index in [4.69, 9.17) is 4.74 Å². The number of pyridine rings is 2. The van der Waals surface area contributed by atoms with E-state index in [2.05, 4.69) is 37.6 Å². The molecule has 0 saturated heterocycles. The fourth-order valence-electron chi connectivity index (χ4n) is 3.17. The van der Waals surface area contributed by atoms with E-state index in [0.717, 1.165) is 63.0 Å². The SMILES string of the molecule is COc1ccc(CN(CCNCc2ccccn2)CCNCc2ccccn2)cc1. The molecule has 0 aliphatic carbocycles. The van der Waals surface area contributed by atoms with Crippen LogP contribution in [0.4, 0.5) is 0 Å². The Bertz CT molecular complexity index is 780. The molecular weight excluding hydrogens is 374 g/mol. The minimum Gasteiger partial charge on any atom is -0.497 e. The second-order valence-electron chi connectivity index (χ2n) is 7.12. The molecule has 0 radical (unpaired) electrons. The predicted octanol–water partition coefficient (Wildman–Crippen LogP) is 2.87. The van der Waals surface area contributed by atoms with Gasteiger partial charge in [0.15, 0.2) is 0 Å². The Labute approximate surface area is 179 Å². The molecule has 0 atom stereocenters. The van der Waals surface area contributed by atoms with E-state index in [1.807, 2.05) is 60.9 Å². The highest BCUT2D eigenvalue weighted by Crippen LogP contribution is 2.12. The molecule has 0 bridgehead atoms. The van der Waals surface area contributed by atoms with Crippen LogP contribution < -0.4 is 15.4 Å². The van der Waals surface area contributed by atoms with E-state index in [-0.39, 0.29) is 0 Å². The first kappa shape index (κ1) is 21.9. The van der Waals surface area contributed by atoms with Gasteiger partial charge in [0.25, 0.3) is 0 Å². The van der Waals surface area contributed by atoms with E-state index in [1.165, 1.54) is 5.56 Å². The molecule has 6 heteroatoms. The molecule has 2 N–H and O–H groups in total. The Kier molecular flexibility index (Phi) is 9.27. The minimum atomic E-state index is 0.787. The van der Waals surface area contributed by atoms with Gasteiger partial charge in [-0.3, -0.25) is 14.9 Å². The lowest BCUT2D eigenvalue weighted by atomic mass is 10.2. The Hall–Kier alpha value is -2.80. The summed E-state index contributed by atoms with van der Waals surface area (Å²) in [6.45, 7) is 6.22. The number of benzene rings is 1. The van der Waals surface area contributed by atoms with Crippen LogP contribution in [0.2, 0.25) is 0 Å². The lowest BCUT2D eigenvalue weighted by Gasteiger charge is -2.23. The van der Waals surface area contributed by atoms with E-state index >= 15 is 0 Å². The second-order valence-corrected chi connectivity index (χ2v) is 7.12. The molecular formula is C24H31N5O. The van der Waals surface area contributed by atoms with Crippen LogP contribution in [0.5, 0.6) is 5.75 Å². The summed E-state index contributed by atoms with van der Waals surface area (Å²) in [6, 6.07) is 20.3. The number of hydrogen-bond acceptors (Lipinski definition) is 6. The summed E-state index contributed by atoms with van der Waals surface area (Å²) in [5.74, 6) is 0.888. The highest BCUT2D eigenvalue weighted by molar-refractivity contribution is 5.27. The molecule has 0 aliphatic heterocycles. The van der Waals surface area contributed by atoms with Crippen molar-refractivity contribution in [3.05, 3.63) is 90.0 Å². The number of rotatable bonds is 13. The molecule has 3 rings (SSSR count). The monoisotopic (exact) mass is 405 g/mol. The summed E-state index contributed by atoms with van der Waals surface area (Å²) < 4.78 is 5.27. The topological polar surface area (TPSA) is 62.3 Å². The quantitative estimate of drug-likeness (QED) is 0.427. The molecule has 2 heterocycles. The predicted molar refractivity (Wildman–Crippen MR) is 120 cm³/mol. The molecule has 3 aromatic rings. The van der Waals surface area contributed by atoms with E-state index in [0.29, 0.717) is 0 Å². The summed E-state index contributed by atoms with van der Waals surface area (Å²) in [5.41, 5.74) is 3.41. The zero-order chi connectivity index (χ0) is 20.9. The summed E-state index contributed by atoms with van der Waals surface area (Å²) in [5, 5.41) is 7.00. The van der Waals surface area contributed by atoms with Gasteiger partial charge in [-0.1, -0.05) is 24.3 Å². The number of nitrogens with zero attached hydrogens (tertiary/aromatic N) is 3. The number of hydrogen-bond donors (Lipinski definition) is 2. The maximum atomic E-state index is 5.27. The maximum Gasteiger partial charge on any atom is 0.118 e. The van der Waals surface area contributed by atoms with Crippen molar-refractivity contribution in [3.8, 4) is 5.75 Å². The van der Waals surface area contributed by atoms with Crippen molar-refractivity contribution in [2.75, 3.05) is 33.3 Å². The molecule has 2 aromatic heterocycles. The van der Waals surface area contributed by atoms with E-state index in [1.54, 1.807) is 7.11 Å². The summed E-state index contributed by atoms with van der Waals surface area (Å²) >= 11 is 0. The van der Waals surface area contributed by atoms with Gasteiger partial charge in [-0.15, -0.1) is 0 Å². The molecule has 0 spiro atoms. The largest absolute Gasteiger partial charge is 0.497 e. The second kappa shape index (κ2) is 12.7. The van der Waals surface area contributed by atoms with Crippen LogP contribution in [0.15, 0.2) is 73.1 Å². The summed E-state index contributed by atoms with van der Waals surface area (Å²) in [6.07, 6.45) is 3.67. The normalized spacial score (nSPS) is 11.0. The lowest BCUT2D eigenvalue weighted by Crippen LogP contribution is -2.36. The van der Waals surface area contributed by atoms with Crippen molar-refractivity contribution < 1.29 is 4.74 Å². The third-order valence-electron chi connectivity index (χ3n) is 4.84. The number of aromatic nitrogens is 2. The number of ether oxygens (including phenoxy) is 1. The molecule has 0 amide bonds. The van der Waals surface area contributed by atoms with Crippen molar-refractivity contribution in [1.82, 2.24) is 25.5 Å². The minimum absolute atomic E-state index is 0.787. The third-order valence-corrected chi connectivity index (χ3v) is 4.84. The Morgan fingerprint density at radius 1 is 0.767 bits per heavy atom. The third kappa shape index (κ3) is 7.91. The Morgan fingerprint density at radius 3 is 1.80 bits per heavy atom. The molecule has 0 aliphatic rings. The van der Waals surface area contributed by atoms with Crippen molar-refractivity contribution in [2.24, 2.45) is 0 Å². The van der Waals surface area contributed by atoms with Crippen molar-refractivity contribution in [2.45, 2.75) is 19.6 Å². The van der Waals surface area contributed by atoms with Gasteiger partial charge in [0, 0.05) is 58.2 Å². The molecule has 6 nitrogen and oxygen atoms in total. The van der Waals surface area contributed by atoms with E-state index < -0.39 is 0 Å². The van der Waals surface area contributed by atoms with Gasteiger partial charge in [0.2, 0.25) is 0 Å². The average molecular weight is 406 g/mol. The zero-order valence-electron chi connectivity index (χ0n) is 17.6. The summed E-state index contributed by atoms with van der Waals surface area (Å²) in [4.78, 5) is 11.2. The smallest absolute Gasteiger partial charge is 0.118 e. The van der Waals surface area contributed by atoms with Crippen molar-refractivity contribution in [1.29, 1.82) is 0 Å². The van der Waals surface area contributed by atoms with Gasteiger partial charge in [0.1, 0.15) is 5.75 Å². The highest BCUT2D eigenvalue weighted by Gasteiger charge is 2.07. The van der Waals surface area contributed by atoms with Gasteiger partial charge in [-0.2, -0.15) is 0 Å². The summed E-state index contributed by atoms with van der Waals surface area (Å²) in [7, 11) is 1.70. The van der Waals surface area contributed by atoms with Crippen LogP contribution in [0.25, 0.3) is 0 Å². The molecule has 158 valence electrons. The first-order chi connectivity index (χ1) is 14.8. The fraction of sp³-hybridized carbons (Fsp3) is 0.333. The zero-order valence-corrected chi connectivity index (χ0v) is 17.6. The molecule has 0 saturated carbocycles. The first-order valence-electron chi connectivity index (χ1n) is 10.4. The lowest BCUT2D eigenvalue weighted by molar-refractivity contribution is 0.263. The number of methoxy groups -OCH3 is 1. The Balaban J connectivity index is 1.46. The first-order valence-corrected chi connectivity index (χ1v) is 10.4. The maximum absolute atomic E-state index is 5.27. The molecule has 1 aromatic carbocycles. The van der Waals surface area contributed by atoms with E-state index in [9.17, 15) is 0 Å². The fourth-order valence-corrected chi connectivity index (χ4v) is 3.17. The van der Waals surface area contributed by atoms with Gasteiger partial charge < -0.3 is 15.4 Å². The van der Waals surface area contributed by atoms with Crippen LogP contribution >= 0.6 is 0 Å². The van der Waals surface area contributed by atoms with Gasteiger partial charge in [0.05, 0.1) is 18.5 Å². The van der Waals surface area contributed by atoms with Crippen LogP contribution in [-0.2, 0) is 19.6 Å². The van der Waals surface area contributed by atoms with Gasteiger partial charge >= 0.3 is 0 Å². The molecule has 0 unspecified atom stereocenters. The number of nitrogens with one attached hydrogen (secondary N) is 2. The van der Waals surface area contributed by atoms with Crippen LogP contribution in [0.1, 0.15) is 17.0 Å². The standard InChI is InChI=1S/C24H31N5O/c1-30-24-10-8-21(9-11-24)20-29(16-14-25-18-22-6-2-4-12-27-22)17-15-26-19-23-7-3-5-13-28-23/h2-13,25-26H,14-20H2,1H3. The molecule has 0 fully saturated rings. The Morgan fingerprint density at radius 2 is 1.33 bits per heavy atom. The highest BCUT2D eigenvalue weighted by atomic mass is 16.5. The van der Waals surface area contributed by atoms with Crippen LogP contribution in [-0.4, -0.2) is 48.2 Å². The van der Waals surface area contributed by atoms with Gasteiger partial charge in [-0.05, 0) is 42.0 Å².